The number of aliphatic hydroxyl groups excluding tert-OH is 1. The zero-order valence-electron chi connectivity index (χ0n) is 27.2. The van der Waals surface area contributed by atoms with Crippen LogP contribution in [0.5, 0.6) is 0 Å². The van der Waals surface area contributed by atoms with Crippen molar-refractivity contribution in [3.05, 3.63) is 65.9 Å². The second-order valence-corrected chi connectivity index (χ2v) is 16.3. The molecule has 2 aromatic carbocycles. The Morgan fingerprint density at radius 3 is 2.70 bits per heavy atom. The molecule has 1 amide bonds. The predicted molar refractivity (Wildman–Crippen MR) is 179 cm³/mol. The van der Waals surface area contributed by atoms with Crippen molar-refractivity contribution in [2.24, 2.45) is 11.8 Å². The van der Waals surface area contributed by atoms with Crippen LogP contribution in [0, 0.1) is 11.8 Å². The van der Waals surface area contributed by atoms with E-state index >= 15 is 0 Å². The number of benzene rings is 2. The molecule has 0 bridgehead atoms. The lowest BCUT2D eigenvalue weighted by atomic mass is 10.0. The Hall–Kier alpha value is -2.65. The van der Waals surface area contributed by atoms with E-state index in [9.17, 15) is 22.9 Å². The monoisotopic (exact) mass is 690 g/mol. The standard InChI is InChI=1S/C34H46N2O9S2/c1-4-5-15-46(39)22-25-20-43-31-12-11-26(17-28(25)31)47(40,41)36(18-23(2)3)19-30(37)29(16-24-9-7-6-8-10-24)35-34(38)45-32-21-44-33-27(32)13-14-42-33/h6-12,17,20,23,27,29-30,32-33,37H,4-5,13-16,18-19,21-22H2,1-3H3,(H,35,38)/t27-,29-,30+,32?,33+,46?/m0/s1. The first-order chi connectivity index (χ1) is 22.5. The third-order valence-corrected chi connectivity index (χ3v) is 11.8. The minimum atomic E-state index is -4.10. The van der Waals surface area contributed by atoms with Crippen LogP contribution in [0.25, 0.3) is 11.0 Å². The second kappa shape index (κ2) is 16.2. The van der Waals surface area contributed by atoms with Crippen LogP contribution < -0.4 is 5.32 Å². The molecule has 11 nitrogen and oxygen atoms in total. The lowest BCUT2D eigenvalue weighted by Crippen LogP contribution is -2.51. The number of hydrogen-bond donors (Lipinski definition) is 2. The van der Waals surface area contributed by atoms with Gasteiger partial charge >= 0.3 is 6.09 Å². The normalized spacial score (nSPS) is 21.6. The third kappa shape index (κ3) is 9.08. The van der Waals surface area contributed by atoms with Gasteiger partial charge in [0.05, 0.1) is 42.4 Å². The Balaban J connectivity index is 1.35. The summed E-state index contributed by atoms with van der Waals surface area (Å²) >= 11 is -1.10. The first-order valence-electron chi connectivity index (χ1n) is 16.3. The molecule has 3 heterocycles. The van der Waals surface area contributed by atoms with Crippen molar-refractivity contribution in [2.75, 3.05) is 32.1 Å². The van der Waals surface area contributed by atoms with E-state index in [4.69, 9.17) is 18.6 Å². The van der Waals surface area contributed by atoms with Gasteiger partial charge in [0, 0.05) is 24.0 Å². The summed E-state index contributed by atoms with van der Waals surface area (Å²) < 4.78 is 64.7. The number of furan rings is 1. The summed E-state index contributed by atoms with van der Waals surface area (Å²) in [4.78, 5) is 13.2. The van der Waals surface area contributed by atoms with Crippen molar-refractivity contribution < 1.29 is 41.5 Å². The van der Waals surface area contributed by atoms with E-state index in [0.717, 1.165) is 24.8 Å². The Bertz CT molecular complexity index is 1570. The topological polar surface area (TPSA) is 151 Å². The fourth-order valence-electron chi connectivity index (χ4n) is 6.07. The van der Waals surface area contributed by atoms with Gasteiger partial charge in [-0.15, -0.1) is 0 Å². The molecule has 2 fully saturated rings. The van der Waals surface area contributed by atoms with Gasteiger partial charge in [-0.2, -0.15) is 4.31 Å². The number of hydrogen-bond acceptors (Lipinski definition) is 9. The Morgan fingerprint density at radius 2 is 1.96 bits per heavy atom. The van der Waals surface area contributed by atoms with Crippen molar-refractivity contribution in [3.63, 3.8) is 0 Å². The maximum Gasteiger partial charge on any atom is 0.407 e. The summed E-state index contributed by atoms with van der Waals surface area (Å²) in [6.45, 7) is 6.49. The number of amides is 1. The maximum atomic E-state index is 14.2. The number of rotatable bonds is 16. The number of fused-ring (bicyclic) bond motifs is 2. The lowest BCUT2D eigenvalue weighted by Gasteiger charge is -2.31. The zero-order valence-corrected chi connectivity index (χ0v) is 28.8. The fraction of sp³-hybridized carbons (Fsp3) is 0.559. The van der Waals surface area contributed by atoms with Crippen LogP contribution in [0.4, 0.5) is 4.79 Å². The van der Waals surface area contributed by atoms with E-state index in [1.165, 1.54) is 16.6 Å². The number of aliphatic hydroxyl groups is 1. The Labute approximate surface area is 280 Å². The summed E-state index contributed by atoms with van der Waals surface area (Å²) in [7, 11) is -4.10. The highest BCUT2D eigenvalue weighted by Crippen LogP contribution is 2.33. The molecule has 258 valence electrons. The quantitative estimate of drug-likeness (QED) is 0.206. The molecule has 2 saturated heterocycles. The molecular formula is C34H46N2O9S2. The molecule has 13 heteroatoms. The third-order valence-electron chi connectivity index (χ3n) is 8.57. The number of alkyl carbamates (subject to hydrolysis) is 1. The van der Waals surface area contributed by atoms with Crippen molar-refractivity contribution in [3.8, 4) is 0 Å². The van der Waals surface area contributed by atoms with Crippen molar-refractivity contribution in [1.82, 2.24) is 9.62 Å². The van der Waals surface area contributed by atoms with Crippen LogP contribution in [0.2, 0.25) is 0 Å². The van der Waals surface area contributed by atoms with Crippen molar-refractivity contribution in [1.29, 1.82) is 0 Å². The fourth-order valence-corrected chi connectivity index (χ4v) is 9.04. The van der Waals surface area contributed by atoms with Crippen molar-refractivity contribution in [2.45, 2.75) is 81.6 Å². The van der Waals surface area contributed by atoms with Gasteiger partial charge in [-0.25, -0.2) is 13.2 Å². The Morgan fingerprint density at radius 1 is 1.17 bits per heavy atom. The minimum absolute atomic E-state index is 0.0430. The molecule has 2 aliphatic rings. The molecule has 0 radical (unpaired) electrons. The number of unbranched alkanes of at least 4 members (excludes halogenated alkanes) is 1. The molecular weight excluding hydrogens is 645 g/mol. The van der Waals surface area contributed by atoms with E-state index in [1.807, 2.05) is 51.1 Å². The molecule has 47 heavy (non-hydrogen) atoms. The molecule has 0 spiro atoms. The molecule has 2 unspecified atom stereocenters. The highest BCUT2D eigenvalue weighted by Gasteiger charge is 2.44. The molecule has 2 N–H and O–H groups in total. The number of sulfonamides is 1. The van der Waals surface area contributed by atoms with Crippen LogP contribution in [-0.4, -0.2) is 85.1 Å². The summed E-state index contributed by atoms with van der Waals surface area (Å²) in [6, 6.07) is 13.2. The second-order valence-electron chi connectivity index (χ2n) is 12.8. The van der Waals surface area contributed by atoms with Gasteiger partial charge in [0.25, 0.3) is 0 Å². The molecule has 0 aliphatic carbocycles. The van der Waals surface area contributed by atoms with Gasteiger partial charge in [0.15, 0.2) is 6.29 Å². The number of nitrogens with one attached hydrogen (secondary N) is 1. The summed E-state index contributed by atoms with van der Waals surface area (Å²) in [6.07, 6.45) is 1.47. The summed E-state index contributed by atoms with van der Waals surface area (Å²) in [5.41, 5.74) is 2.06. The number of carbonyl (C=O) groups excluding carboxylic acids is 1. The van der Waals surface area contributed by atoms with E-state index in [1.54, 1.807) is 12.1 Å². The van der Waals surface area contributed by atoms with Crippen LogP contribution in [0.3, 0.4) is 0 Å². The predicted octanol–water partition coefficient (Wildman–Crippen LogP) is 4.59. The van der Waals surface area contributed by atoms with Gasteiger partial charge in [-0.1, -0.05) is 57.5 Å². The SMILES string of the molecule is CCCC[S+]([O-])Cc1coc2ccc(S(=O)(=O)N(CC(C)C)C[C@@H](O)[C@H](Cc3ccccc3)NC(=O)OC3CO[C@H]4OCC[C@@H]34)cc12. The van der Waals surface area contributed by atoms with Gasteiger partial charge in [-0.3, -0.25) is 0 Å². The van der Waals surface area contributed by atoms with E-state index in [-0.39, 0.29) is 54.9 Å². The van der Waals surface area contributed by atoms with Crippen LogP contribution in [-0.2, 0) is 47.6 Å². The first-order valence-corrected chi connectivity index (χ1v) is 19.3. The lowest BCUT2D eigenvalue weighted by molar-refractivity contribution is -0.0907. The largest absolute Gasteiger partial charge is 0.616 e. The van der Waals surface area contributed by atoms with Crippen molar-refractivity contribution >= 4 is 38.3 Å². The zero-order chi connectivity index (χ0) is 33.6. The van der Waals surface area contributed by atoms with E-state index in [2.05, 4.69) is 5.32 Å². The number of nitrogens with zero attached hydrogens (tertiary/aromatic N) is 1. The Kier molecular flexibility index (Phi) is 12.3. The van der Waals surface area contributed by atoms with Crippen LogP contribution in [0.15, 0.2) is 64.1 Å². The van der Waals surface area contributed by atoms with E-state index < -0.39 is 45.5 Å². The van der Waals surface area contributed by atoms with Crippen LogP contribution in [0.1, 0.15) is 51.2 Å². The number of ether oxygens (including phenoxy) is 3. The molecule has 2 aliphatic heterocycles. The highest BCUT2D eigenvalue weighted by atomic mass is 32.2. The average molecular weight is 691 g/mol. The minimum Gasteiger partial charge on any atom is -0.616 e. The van der Waals surface area contributed by atoms with Gasteiger partial charge in [-0.05, 0) is 60.1 Å². The van der Waals surface area contributed by atoms with Gasteiger partial charge in [0.1, 0.15) is 23.2 Å². The highest BCUT2D eigenvalue weighted by molar-refractivity contribution is 7.90. The average Bonchev–Trinajstić information content (AvgIpc) is 3.77. The van der Waals surface area contributed by atoms with Crippen LogP contribution >= 0.6 is 0 Å². The first kappa shape index (κ1) is 35.7. The molecule has 6 atom stereocenters. The maximum absolute atomic E-state index is 14.2. The molecule has 5 rings (SSSR count). The number of carbonyl (C=O) groups is 1. The van der Waals surface area contributed by atoms with E-state index in [0.29, 0.717) is 28.9 Å². The van der Waals surface area contributed by atoms with Gasteiger partial charge in [0.2, 0.25) is 10.0 Å². The van der Waals surface area contributed by atoms with Gasteiger partial charge < -0.3 is 33.6 Å². The smallest absolute Gasteiger partial charge is 0.407 e. The summed E-state index contributed by atoms with van der Waals surface area (Å²) in [5, 5.41) is 15.0. The molecule has 1 aromatic heterocycles. The molecule has 3 aromatic rings. The molecule has 0 saturated carbocycles. The summed E-state index contributed by atoms with van der Waals surface area (Å²) in [5.74, 6) is 0.738.